The summed E-state index contributed by atoms with van der Waals surface area (Å²) in [5, 5.41) is 2.67. The number of hydrogen-bond donors (Lipinski definition) is 1. The van der Waals surface area contributed by atoms with E-state index in [0.717, 1.165) is 10.0 Å². The van der Waals surface area contributed by atoms with E-state index in [4.69, 9.17) is 9.15 Å². The molecule has 0 aliphatic carbocycles. The molecule has 0 radical (unpaired) electrons. The predicted octanol–water partition coefficient (Wildman–Crippen LogP) is 3.15. The number of aryl methyl sites for hydroxylation is 1. The second-order valence-electron chi connectivity index (χ2n) is 4.06. The third-order valence-electron chi connectivity index (χ3n) is 2.52. The van der Waals surface area contributed by atoms with Crippen LogP contribution >= 0.6 is 15.9 Å². The average molecular weight is 338 g/mol. The van der Waals surface area contributed by atoms with E-state index in [0.29, 0.717) is 5.69 Å². The van der Waals surface area contributed by atoms with Gasteiger partial charge in [0.1, 0.15) is 0 Å². The van der Waals surface area contributed by atoms with Crippen LogP contribution in [0.4, 0.5) is 5.69 Å². The molecule has 1 aromatic heterocycles. The van der Waals surface area contributed by atoms with Crippen molar-refractivity contribution in [1.29, 1.82) is 0 Å². The van der Waals surface area contributed by atoms with E-state index in [9.17, 15) is 9.59 Å². The first-order valence-electron chi connectivity index (χ1n) is 5.83. The Morgan fingerprint density at radius 3 is 2.80 bits per heavy atom. The highest BCUT2D eigenvalue weighted by molar-refractivity contribution is 9.10. The quantitative estimate of drug-likeness (QED) is 0.870. The lowest BCUT2D eigenvalue weighted by Gasteiger charge is -2.08. The van der Waals surface area contributed by atoms with E-state index in [1.165, 1.54) is 12.3 Å². The lowest BCUT2D eigenvalue weighted by molar-refractivity contribution is -0.119. The van der Waals surface area contributed by atoms with Gasteiger partial charge in [0.05, 0.1) is 6.26 Å². The van der Waals surface area contributed by atoms with Crippen LogP contribution in [0.2, 0.25) is 0 Å². The van der Waals surface area contributed by atoms with Gasteiger partial charge >= 0.3 is 5.97 Å². The molecular formula is C14H12BrNO4. The van der Waals surface area contributed by atoms with E-state index in [1.807, 2.05) is 19.1 Å². The largest absolute Gasteiger partial charge is 0.457 e. The van der Waals surface area contributed by atoms with Crippen LogP contribution in [-0.4, -0.2) is 18.5 Å². The van der Waals surface area contributed by atoms with Crippen LogP contribution in [-0.2, 0) is 9.53 Å². The Morgan fingerprint density at radius 1 is 1.35 bits per heavy atom. The molecule has 1 N–H and O–H groups in total. The third-order valence-corrected chi connectivity index (χ3v) is 3.01. The molecule has 0 bridgehead atoms. The molecule has 1 heterocycles. The third kappa shape index (κ3) is 3.71. The number of esters is 1. The standard InChI is InChI=1S/C14H12BrNO4/c1-9-7-10(15)4-5-11(9)16-13(17)8-20-14(18)12-3-2-6-19-12/h2-7H,8H2,1H3,(H,16,17). The first-order valence-corrected chi connectivity index (χ1v) is 6.62. The van der Waals surface area contributed by atoms with Crippen LogP contribution in [0.1, 0.15) is 16.1 Å². The van der Waals surface area contributed by atoms with Crippen molar-refractivity contribution in [2.75, 3.05) is 11.9 Å². The summed E-state index contributed by atoms with van der Waals surface area (Å²) < 4.78 is 10.6. The van der Waals surface area contributed by atoms with Gasteiger partial charge in [-0.05, 0) is 42.8 Å². The number of carbonyl (C=O) groups excluding carboxylic acids is 2. The van der Waals surface area contributed by atoms with Crippen LogP contribution in [0, 0.1) is 6.92 Å². The number of anilines is 1. The van der Waals surface area contributed by atoms with Crippen molar-refractivity contribution in [3.63, 3.8) is 0 Å². The van der Waals surface area contributed by atoms with Gasteiger partial charge in [-0.1, -0.05) is 15.9 Å². The van der Waals surface area contributed by atoms with Crippen LogP contribution in [0.25, 0.3) is 0 Å². The van der Waals surface area contributed by atoms with Gasteiger partial charge in [-0.15, -0.1) is 0 Å². The molecule has 0 atom stereocenters. The second-order valence-corrected chi connectivity index (χ2v) is 4.98. The van der Waals surface area contributed by atoms with Crippen molar-refractivity contribution in [2.45, 2.75) is 6.92 Å². The Labute approximate surface area is 124 Å². The fourth-order valence-electron chi connectivity index (χ4n) is 1.55. The molecule has 0 fully saturated rings. The summed E-state index contributed by atoms with van der Waals surface area (Å²) in [6.07, 6.45) is 1.36. The van der Waals surface area contributed by atoms with Crippen LogP contribution in [0.3, 0.4) is 0 Å². The first-order chi connectivity index (χ1) is 9.56. The minimum absolute atomic E-state index is 0.0672. The number of benzene rings is 1. The molecule has 5 nitrogen and oxygen atoms in total. The number of nitrogens with one attached hydrogen (secondary N) is 1. The van der Waals surface area contributed by atoms with E-state index >= 15 is 0 Å². The molecule has 20 heavy (non-hydrogen) atoms. The molecule has 0 aliphatic rings. The number of halogens is 1. The topological polar surface area (TPSA) is 68.5 Å². The molecule has 2 rings (SSSR count). The molecule has 0 saturated carbocycles. The fraction of sp³-hybridized carbons (Fsp3) is 0.143. The lowest BCUT2D eigenvalue weighted by atomic mass is 10.2. The molecular weight excluding hydrogens is 326 g/mol. The molecule has 104 valence electrons. The van der Waals surface area contributed by atoms with Crippen LogP contribution in [0.15, 0.2) is 45.5 Å². The van der Waals surface area contributed by atoms with Crippen molar-refractivity contribution >= 4 is 33.5 Å². The predicted molar refractivity (Wildman–Crippen MR) is 76.5 cm³/mol. The number of carbonyl (C=O) groups is 2. The minimum Gasteiger partial charge on any atom is -0.457 e. The fourth-order valence-corrected chi connectivity index (χ4v) is 2.03. The molecule has 1 amide bonds. The number of ether oxygens (including phenoxy) is 1. The summed E-state index contributed by atoms with van der Waals surface area (Å²) in [4.78, 5) is 23.2. The van der Waals surface area contributed by atoms with E-state index < -0.39 is 11.9 Å². The SMILES string of the molecule is Cc1cc(Br)ccc1NC(=O)COC(=O)c1ccco1. The number of hydrogen-bond acceptors (Lipinski definition) is 4. The maximum absolute atomic E-state index is 11.7. The summed E-state index contributed by atoms with van der Waals surface area (Å²) >= 11 is 3.34. The smallest absolute Gasteiger partial charge is 0.374 e. The van der Waals surface area contributed by atoms with Gasteiger partial charge in [0, 0.05) is 10.2 Å². The number of furan rings is 1. The van der Waals surface area contributed by atoms with Gasteiger partial charge in [0.15, 0.2) is 6.61 Å². The minimum atomic E-state index is -0.669. The number of amides is 1. The first kappa shape index (κ1) is 14.3. The summed E-state index contributed by atoms with van der Waals surface area (Å²) in [5.41, 5.74) is 1.58. The maximum atomic E-state index is 11.7. The average Bonchev–Trinajstić information content (AvgIpc) is 2.93. The normalized spacial score (nSPS) is 10.1. The Bertz CT molecular complexity index is 622. The monoisotopic (exact) mass is 337 g/mol. The Morgan fingerprint density at radius 2 is 2.15 bits per heavy atom. The maximum Gasteiger partial charge on any atom is 0.374 e. The zero-order valence-electron chi connectivity index (χ0n) is 10.7. The number of rotatable bonds is 4. The van der Waals surface area contributed by atoms with Crippen molar-refractivity contribution in [3.05, 3.63) is 52.4 Å². The second kappa shape index (κ2) is 6.38. The van der Waals surface area contributed by atoms with E-state index in [2.05, 4.69) is 21.2 Å². The van der Waals surface area contributed by atoms with Gasteiger partial charge in [0.2, 0.25) is 5.76 Å². The molecule has 6 heteroatoms. The Hall–Kier alpha value is -2.08. The van der Waals surface area contributed by atoms with E-state index in [-0.39, 0.29) is 12.4 Å². The van der Waals surface area contributed by atoms with Gasteiger partial charge in [-0.3, -0.25) is 4.79 Å². The Balaban J connectivity index is 1.88. The van der Waals surface area contributed by atoms with Crippen LogP contribution in [0.5, 0.6) is 0 Å². The zero-order chi connectivity index (χ0) is 14.5. The van der Waals surface area contributed by atoms with E-state index in [1.54, 1.807) is 12.1 Å². The summed E-state index contributed by atoms with van der Waals surface area (Å²) in [6.45, 7) is 1.50. The van der Waals surface area contributed by atoms with Crippen molar-refractivity contribution in [1.82, 2.24) is 0 Å². The highest BCUT2D eigenvalue weighted by atomic mass is 79.9. The molecule has 0 saturated heterocycles. The molecule has 2 aromatic rings. The zero-order valence-corrected chi connectivity index (χ0v) is 12.3. The van der Waals surface area contributed by atoms with Gasteiger partial charge in [0.25, 0.3) is 5.91 Å². The van der Waals surface area contributed by atoms with Crippen molar-refractivity contribution in [3.8, 4) is 0 Å². The molecule has 0 spiro atoms. The van der Waals surface area contributed by atoms with Crippen LogP contribution < -0.4 is 5.32 Å². The van der Waals surface area contributed by atoms with Gasteiger partial charge in [-0.25, -0.2) is 4.79 Å². The highest BCUT2D eigenvalue weighted by Gasteiger charge is 2.13. The van der Waals surface area contributed by atoms with Crippen molar-refractivity contribution in [2.24, 2.45) is 0 Å². The van der Waals surface area contributed by atoms with Gasteiger partial charge in [-0.2, -0.15) is 0 Å². The lowest BCUT2D eigenvalue weighted by Crippen LogP contribution is -2.21. The van der Waals surface area contributed by atoms with Crippen molar-refractivity contribution < 1.29 is 18.7 Å². The molecule has 1 aromatic carbocycles. The summed E-state index contributed by atoms with van der Waals surface area (Å²) in [6, 6.07) is 8.51. The summed E-state index contributed by atoms with van der Waals surface area (Å²) in [7, 11) is 0. The highest BCUT2D eigenvalue weighted by Crippen LogP contribution is 2.19. The Kier molecular flexibility index (Phi) is 4.57. The molecule has 0 unspecified atom stereocenters. The van der Waals surface area contributed by atoms with Gasteiger partial charge < -0.3 is 14.5 Å². The molecule has 0 aliphatic heterocycles. The summed E-state index contributed by atoms with van der Waals surface area (Å²) in [5.74, 6) is -1.01.